The van der Waals surface area contributed by atoms with Crippen LogP contribution in [0.4, 0.5) is 5.69 Å². The Morgan fingerprint density at radius 1 is 1.31 bits per heavy atom. The molecule has 0 radical (unpaired) electrons. The third-order valence-corrected chi connectivity index (χ3v) is 3.05. The molecule has 0 saturated carbocycles. The zero-order valence-electron chi connectivity index (χ0n) is 10.0. The van der Waals surface area contributed by atoms with Gasteiger partial charge in [-0.1, -0.05) is 17.7 Å². The number of allylic oxidation sites excluding steroid dienone is 1. The lowest BCUT2D eigenvalue weighted by Gasteiger charge is -2.31. The molecule has 86 valence electrons. The fourth-order valence-electron chi connectivity index (χ4n) is 2.14. The number of benzene rings is 1. The van der Waals surface area contributed by atoms with Crippen molar-refractivity contribution in [2.75, 3.05) is 12.4 Å². The Morgan fingerprint density at radius 2 is 2.00 bits per heavy atom. The van der Waals surface area contributed by atoms with Crippen LogP contribution in [0.2, 0.25) is 5.02 Å². The molecule has 0 amide bonds. The molecule has 2 nitrogen and oxygen atoms in total. The summed E-state index contributed by atoms with van der Waals surface area (Å²) < 4.78 is 5.22. The van der Waals surface area contributed by atoms with Crippen molar-refractivity contribution in [3.8, 4) is 5.75 Å². The molecule has 1 aliphatic rings. The summed E-state index contributed by atoms with van der Waals surface area (Å²) in [5.74, 6) is 0.707. The monoisotopic (exact) mass is 237 g/mol. The molecule has 0 fully saturated rings. The van der Waals surface area contributed by atoms with Crippen molar-refractivity contribution in [2.24, 2.45) is 0 Å². The van der Waals surface area contributed by atoms with E-state index in [4.69, 9.17) is 16.3 Å². The molecule has 16 heavy (non-hydrogen) atoms. The zero-order chi connectivity index (χ0) is 11.9. The second-order valence-electron chi connectivity index (χ2n) is 4.71. The van der Waals surface area contributed by atoms with Gasteiger partial charge in [-0.2, -0.15) is 0 Å². The summed E-state index contributed by atoms with van der Waals surface area (Å²) in [4.78, 5) is 0. The largest absolute Gasteiger partial charge is 0.495 e. The van der Waals surface area contributed by atoms with Gasteiger partial charge < -0.3 is 10.1 Å². The molecule has 1 aromatic rings. The molecule has 2 rings (SSSR count). The second kappa shape index (κ2) is 3.70. The number of nitrogens with one attached hydrogen (secondary N) is 1. The van der Waals surface area contributed by atoms with Crippen LogP contribution >= 0.6 is 11.6 Å². The van der Waals surface area contributed by atoms with E-state index in [-0.39, 0.29) is 5.54 Å². The minimum Gasteiger partial charge on any atom is -0.495 e. The highest BCUT2D eigenvalue weighted by Crippen LogP contribution is 2.39. The molecule has 0 saturated heterocycles. The highest BCUT2D eigenvalue weighted by Gasteiger charge is 2.23. The number of hydrogen-bond acceptors (Lipinski definition) is 2. The second-order valence-corrected chi connectivity index (χ2v) is 5.11. The van der Waals surface area contributed by atoms with Gasteiger partial charge in [0.1, 0.15) is 5.75 Å². The number of fused-ring (bicyclic) bond motifs is 1. The van der Waals surface area contributed by atoms with E-state index < -0.39 is 0 Å². The first-order valence-corrected chi connectivity index (χ1v) is 5.66. The Balaban J connectivity index is 2.58. The van der Waals surface area contributed by atoms with Gasteiger partial charge in [-0.25, -0.2) is 0 Å². The average molecular weight is 238 g/mol. The summed E-state index contributed by atoms with van der Waals surface area (Å²) in [6.45, 7) is 6.38. The number of rotatable bonds is 1. The molecule has 0 unspecified atom stereocenters. The standard InChI is InChI=1S/C13H16ClNO/c1-8-7-13(2,3)15-11-6-12(16-4)10(14)5-9(8)11/h5-7,15H,1-4H3. The predicted molar refractivity (Wildman–Crippen MR) is 69.4 cm³/mol. The molecule has 1 N–H and O–H groups in total. The first-order valence-electron chi connectivity index (χ1n) is 5.28. The summed E-state index contributed by atoms with van der Waals surface area (Å²) in [6, 6.07) is 3.90. The van der Waals surface area contributed by atoms with Gasteiger partial charge in [0, 0.05) is 17.3 Å². The van der Waals surface area contributed by atoms with Gasteiger partial charge in [-0.15, -0.1) is 0 Å². The topological polar surface area (TPSA) is 21.3 Å². The number of halogens is 1. The van der Waals surface area contributed by atoms with Crippen molar-refractivity contribution >= 4 is 22.9 Å². The zero-order valence-corrected chi connectivity index (χ0v) is 10.8. The van der Waals surface area contributed by atoms with E-state index in [9.17, 15) is 0 Å². The lowest BCUT2D eigenvalue weighted by atomic mass is 9.91. The molecular formula is C13H16ClNO. The summed E-state index contributed by atoms with van der Waals surface area (Å²) in [6.07, 6.45) is 2.21. The Hall–Kier alpha value is -1.15. The molecule has 0 bridgehead atoms. The molecule has 1 heterocycles. The minimum atomic E-state index is -0.0318. The SMILES string of the molecule is COc1cc2c(cc1Cl)C(C)=CC(C)(C)N2. The van der Waals surface area contributed by atoms with Crippen LogP contribution < -0.4 is 10.1 Å². The normalized spacial score (nSPS) is 17.2. The van der Waals surface area contributed by atoms with E-state index in [0.29, 0.717) is 10.8 Å². The van der Waals surface area contributed by atoms with Crippen LogP contribution in [0, 0.1) is 0 Å². The summed E-state index contributed by atoms with van der Waals surface area (Å²) in [5, 5.41) is 4.10. The molecule has 0 spiro atoms. The predicted octanol–water partition coefficient (Wildman–Crippen LogP) is 3.96. The maximum atomic E-state index is 6.12. The Labute approximate surface area is 101 Å². The van der Waals surface area contributed by atoms with Gasteiger partial charge in [0.05, 0.1) is 17.7 Å². The Kier molecular flexibility index (Phi) is 2.62. The van der Waals surface area contributed by atoms with Gasteiger partial charge in [0.25, 0.3) is 0 Å². The maximum Gasteiger partial charge on any atom is 0.139 e. The number of methoxy groups -OCH3 is 1. The molecule has 3 heteroatoms. The summed E-state index contributed by atoms with van der Waals surface area (Å²) in [7, 11) is 1.63. The number of anilines is 1. The minimum absolute atomic E-state index is 0.0318. The van der Waals surface area contributed by atoms with Gasteiger partial charge in [-0.05, 0) is 32.4 Å². The van der Waals surface area contributed by atoms with E-state index >= 15 is 0 Å². The summed E-state index contributed by atoms with van der Waals surface area (Å²) in [5.41, 5.74) is 3.43. The average Bonchev–Trinajstić information content (AvgIpc) is 2.17. The van der Waals surface area contributed by atoms with Gasteiger partial charge >= 0.3 is 0 Å². The molecular weight excluding hydrogens is 222 g/mol. The number of ether oxygens (including phenoxy) is 1. The smallest absolute Gasteiger partial charge is 0.139 e. The maximum absolute atomic E-state index is 6.12. The molecule has 0 aliphatic carbocycles. The summed E-state index contributed by atoms with van der Waals surface area (Å²) >= 11 is 6.12. The van der Waals surface area contributed by atoms with Crippen LogP contribution in [0.5, 0.6) is 5.75 Å². The highest BCUT2D eigenvalue weighted by atomic mass is 35.5. The Morgan fingerprint density at radius 3 is 2.62 bits per heavy atom. The van der Waals surface area contributed by atoms with Crippen molar-refractivity contribution in [3.63, 3.8) is 0 Å². The quantitative estimate of drug-likeness (QED) is 0.799. The van der Waals surface area contributed by atoms with Crippen molar-refractivity contribution in [2.45, 2.75) is 26.3 Å². The van der Waals surface area contributed by atoms with E-state index in [1.54, 1.807) is 7.11 Å². The third kappa shape index (κ3) is 1.90. The van der Waals surface area contributed by atoms with Crippen LogP contribution in [0.25, 0.3) is 5.57 Å². The lowest BCUT2D eigenvalue weighted by Crippen LogP contribution is -2.31. The van der Waals surface area contributed by atoms with Crippen LogP contribution in [0.3, 0.4) is 0 Å². The van der Waals surface area contributed by atoms with Crippen molar-refractivity contribution < 1.29 is 4.74 Å². The van der Waals surface area contributed by atoms with E-state index in [2.05, 4.69) is 32.2 Å². The molecule has 1 aliphatic heterocycles. The Bertz CT molecular complexity index is 463. The van der Waals surface area contributed by atoms with Crippen molar-refractivity contribution in [1.29, 1.82) is 0 Å². The van der Waals surface area contributed by atoms with Crippen LogP contribution in [-0.2, 0) is 0 Å². The van der Waals surface area contributed by atoms with Crippen molar-refractivity contribution in [3.05, 3.63) is 28.8 Å². The van der Waals surface area contributed by atoms with E-state index in [0.717, 1.165) is 11.3 Å². The molecule has 0 aromatic heterocycles. The van der Waals surface area contributed by atoms with Gasteiger partial charge in [-0.3, -0.25) is 0 Å². The third-order valence-electron chi connectivity index (χ3n) is 2.75. The number of hydrogen-bond donors (Lipinski definition) is 1. The first kappa shape index (κ1) is 11.3. The first-order chi connectivity index (χ1) is 7.43. The highest BCUT2D eigenvalue weighted by molar-refractivity contribution is 6.32. The molecule has 0 atom stereocenters. The van der Waals surface area contributed by atoms with Crippen LogP contribution in [-0.4, -0.2) is 12.6 Å². The van der Waals surface area contributed by atoms with E-state index in [1.807, 2.05) is 12.1 Å². The fraction of sp³-hybridized carbons (Fsp3) is 0.385. The van der Waals surface area contributed by atoms with E-state index in [1.165, 1.54) is 5.57 Å². The van der Waals surface area contributed by atoms with Gasteiger partial charge in [0.15, 0.2) is 0 Å². The van der Waals surface area contributed by atoms with Crippen molar-refractivity contribution in [1.82, 2.24) is 0 Å². The molecule has 1 aromatic carbocycles. The van der Waals surface area contributed by atoms with Gasteiger partial charge in [0.2, 0.25) is 0 Å². The lowest BCUT2D eigenvalue weighted by molar-refractivity contribution is 0.415. The van der Waals surface area contributed by atoms with Crippen LogP contribution in [0.15, 0.2) is 18.2 Å². The fourth-order valence-corrected chi connectivity index (χ4v) is 2.38. The van der Waals surface area contributed by atoms with Crippen LogP contribution in [0.1, 0.15) is 26.3 Å².